The van der Waals surface area contributed by atoms with E-state index in [-0.39, 0.29) is 12.5 Å². The Hall–Kier alpha value is -3.22. The van der Waals surface area contributed by atoms with Crippen LogP contribution in [0.3, 0.4) is 0 Å². The highest BCUT2D eigenvalue weighted by atomic mass is 16.6. The summed E-state index contributed by atoms with van der Waals surface area (Å²) in [6.45, 7) is 3.63. The van der Waals surface area contributed by atoms with Crippen LogP contribution in [0.2, 0.25) is 0 Å². The number of amides is 1. The smallest absolute Gasteiger partial charge is 0.338 e. The third-order valence-corrected chi connectivity index (χ3v) is 4.08. The highest BCUT2D eigenvalue weighted by Crippen LogP contribution is 2.30. The maximum Gasteiger partial charge on any atom is 0.338 e. The van der Waals surface area contributed by atoms with Crippen molar-refractivity contribution in [2.75, 3.05) is 33.0 Å². The zero-order valence-corrected chi connectivity index (χ0v) is 15.7. The molecule has 0 atom stereocenters. The molecule has 0 radical (unpaired) electrons. The van der Waals surface area contributed by atoms with Crippen LogP contribution in [0, 0.1) is 0 Å². The van der Waals surface area contributed by atoms with Crippen LogP contribution in [0.25, 0.3) is 0 Å². The molecule has 1 amide bonds. The van der Waals surface area contributed by atoms with Gasteiger partial charge in [-0.05, 0) is 55.3 Å². The maximum absolute atomic E-state index is 12.0. The summed E-state index contributed by atoms with van der Waals surface area (Å²) in [5.41, 5.74) is 1.39. The number of carbonyl (C=O) groups is 2. The zero-order chi connectivity index (χ0) is 19.8. The predicted octanol–water partition coefficient (Wildman–Crippen LogP) is 2.37. The van der Waals surface area contributed by atoms with Crippen LogP contribution in [0.5, 0.6) is 17.2 Å². The van der Waals surface area contributed by atoms with E-state index in [0.29, 0.717) is 44.1 Å². The van der Waals surface area contributed by atoms with Crippen LogP contribution in [-0.2, 0) is 16.0 Å². The molecular formula is C21H23NO6. The van der Waals surface area contributed by atoms with Crippen LogP contribution < -0.4 is 19.5 Å². The van der Waals surface area contributed by atoms with Gasteiger partial charge >= 0.3 is 5.97 Å². The average Bonchev–Trinajstić information content (AvgIpc) is 2.73. The van der Waals surface area contributed by atoms with Crippen molar-refractivity contribution in [1.82, 2.24) is 5.32 Å². The normalized spacial score (nSPS) is 12.2. The summed E-state index contributed by atoms with van der Waals surface area (Å²) in [6.07, 6.45) is 0.634. The van der Waals surface area contributed by atoms with E-state index in [1.165, 1.54) is 0 Å². The van der Waals surface area contributed by atoms with E-state index in [0.717, 1.165) is 17.1 Å². The van der Waals surface area contributed by atoms with Gasteiger partial charge in [-0.25, -0.2) is 4.79 Å². The van der Waals surface area contributed by atoms with Crippen molar-refractivity contribution in [3.63, 3.8) is 0 Å². The lowest BCUT2D eigenvalue weighted by atomic mass is 10.1. The van der Waals surface area contributed by atoms with E-state index in [2.05, 4.69) is 5.32 Å². The summed E-state index contributed by atoms with van der Waals surface area (Å²) in [5.74, 6) is 1.23. The van der Waals surface area contributed by atoms with Gasteiger partial charge in [-0.15, -0.1) is 0 Å². The first kappa shape index (κ1) is 19.5. The second-order valence-corrected chi connectivity index (χ2v) is 6.11. The molecule has 2 aromatic rings. The number of carbonyl (C=O) groups excluding carboxylic acids is 2. The van der Waals surface area contributed by atoms with Crippen molar-refractivity contribution in [1.29, 1.82) is 0 Å². The summed E-state index contributed by atoms with van der Waals surface area (Å²) < 4.78 is 21.4. The van der Waals surface area contributed by atoms with E-state index in [1.807, 2.05) is 25.1 Å². The summed E-state index contributed by atoms with van der Waals surface area (Å²) in [7, 11) is 0. The number of hydrogen-bond donors (Lipinski definition) is 1. The van der Waals surface area contributed by atoms with Crippen molar-refractivity contribution in [2.24, 2.45) is 0 Å². The summed E-state index contributed by atoms with van der Waals surface area (Å²) in [5, 5.41) is 2.74. The Kier molecular flexibility index (Phi) is 6.73. The van der Waals surface area contributed by atoms with Gasteiger partial charge in [-0.3, -0.25) is 4.79 Å². The monoisotopic (exact) mass is 385 g/mol. The lowest BCUT2D eigenvalue weighted by Gasteiger charge is -2.18. The van der Waals surface area contributed by atoms with E-state index >= 15 is 0 Å². The quantitative estimate of drug-likeness (QED) is 0.703. The molecule has 1 aliphatic rings. The van der Waals surface area contributed by atoms with Crippen molar-refractivity contribution in [3.05, 3.63) is 53.6 Å². The summed E-state index contributed by atoms with van der Waals surface area (Å²) >= 11 is 0. The number of benzene rings is 2. The first-order valence-electron chi connectivity index (χ1n) is 9.21. The molecular weight excluding hydrogens is 362 g/mol. The Bertz CT molecular complexity index is 818. The van der Waals surface area contributed by atoms with Crippen molar-refractivity contribution < 1.29 is 28.5 Å². The minimum Gasteiger partial charge on any atom is -0.494 e. The molecule has 0 bridgehead atoms. The van der Waals surface area contributed by atoms with Crippen molar-refractivity contribution in [2.45, 2.75) is 13.3 Å². The zero-order valence-electron chi connectivity index (χ0n) is 15.7. The third kappa shape index (κ3) is 5.39. The topological polar surface area (TPSA) is 83.1 Å². The Morgan fingerprint density at radius 2 is 1.79 bits per heavy atom. The fraction of sp³-hybridized carbons (Fsp3) is 0.333. The average molecular weight is 385 g/mol. The van der Waals surface area contributed by atoms with Crippen LogP contribution in [-0.4, -0.2) is 44.8 Å². The molecule has 0 aliphatic carbocycles. The molecule has 1 heterocycles. The molecule has 7 heteroatoms. The highest BCUT2D eigenvalue weighted by Gasteiger charge is 2.12. The van der Waals surface area contributed by atoms with Gasteiger partial charge in [0, 0.05) is 6.54 Å². The van der Waals surface area contributed by atoms with E-state index in [9.17, 15) is 9.59 Å². The number of rotatable bonds is 8. The van der Waals surface area contributed by atoms with E-state index in [4.69, 9.17) is 18.9 Å². The molecule has 0 unspecified atom stereocenters. The first-order chi connectivity index (χ1) is 13.7. The molecule has 0 spiro atoms. The molecule has 0 aromatic heterocycles. The number of ether oxygens (including phenoxy) is 4. The molecule has 1 N–H and O–H groups in total. The number of esters is 1. The molecule has 28 heavy (non-hydrogen) atoms. The van der Waals surface area contributed by atoms with Crippen LogP contribution in [0.4, 0.5) is 0 Å². The highest BCUT2D eigenvalue weighted by molar-refractivity contribution is 5.91. The maximum atomic E-state index is 12.0. The third-order valence-electron chi connectivity index (χ3n) is 4.08. The van der Waals surface area contributed by atoms with Gasteiger partial charge in [-0.2, -0.15) is 0 Å². The summed E-state index contributed by atoms with van der Waals surface area (Å²) in [4.78, 5) is 23.9. The second-order valence-electron chi connectivity index (χ2n) is 6.11. The first-order valence-corrected chi connectivity index (χ1v) is 9.21. The molecule has 2 aromatic carbocycles. The Morgan fingerprint density at radius 3 is 2.54 bits per heavy atom. The van der Waals surface area contributed by atoms with Gasteiger partial charge in [0.2, 0.25) is 0 Å². The minimum absolute atomic E-state index is 0.326. The Labute approximate surface area is 163 Å². The Balaban J connectivity index is 1.39. The molecule has 1 aliphatic heterocycles. The van der Waals surface area contributed by atoms with Crippen molar-refractivity contribution in [3.8, 4) is 17.2 Å². The van der Waals surface area contributed by atoms with E-state index in [1.54, 1.807) is 24.3 Å². The molecule has 3 rings (SSSR count). The molecule has 148 valence electrons. The lowest BCUT2D eigenvalue weighted by Crippen LogP contribution is -2.30. The van der Waals surface area contributed by atoms with Crippen LogP contribution >= 0.6 is 0 Å². The fourth-order valence-corrected chi connectivity index (χ4v) is 2.71. The van der Waals surface area contributed by atoms with Gasteiger partial charge in [0.1, 0.15) is 19.0 Å². The molecule has 0 fully saturated rings. The van der Waals surface area contributed by atoms with E-state index < -0.39 is 5.97 Å². The van der Waals surface area contributed by atoms with Crippen LogP contribution in [0.15, 0.2) is 42.5 Å². The van der Waals surface area contributed by atoms with Gasteiger partial charge in [0.05, 0.1) is 12.2 Å². The number of nitrogens with one attached hydrogen (secondary N) is 1. The number of fused-ring (bicyclic) bond motifs is 1. The Morgan fingerprint density at radius 1 is 1.04 bits per heavy atom. The summed E-state index contributed by atoms with van der Waals surface area (Å²) in [6, 6.07) is 12.3. The SMILES string of the molecule is CCOc1ccc(C(=O)OCC(=O)NCCc2ccc3c(c2)OCCO3)cc1. The fourth-order valence-electron chi connectivity index (χ4n) is 2.71. The minimum atomic E-state index is -0.551. The van der Waals surface area contributed by atoms with Gasteiger partial charge in [0.25, 0.3) is 5.91 Å². The lowest BCUT2D eigenvalue weighted by molar-refractivity contribution is -0.124. The molecule has 7 nitrogen and oxygen atoms in total. The number of hydrogen-bond acceptors (Lipinski definition) is 6. The van der Waals surface area contributed by atoms with Gasteiger partial charge in [-0.1, -0.05) is 6.07 Å². The van der Waals surface area contributed by atoms with Crippen LogP contribution in [0.1, 0.15) is 22.8 Å². The second kappa shape index (κ2) is 9.64. The van der Waals surface area contributed by atoms with Gasteiger partial charge in [0.15, 0.2) is 18.1 Å². The van der Waals surface area contributed by atoms with Crippen molar-refractivity contribution >= 4 is 11.9 Å². The van der Waals surface area contributed by atoms with Gasteiger partial charge < -0.3 is 24.3 Å². The molecule has 0 saturated heterocycles. The largest absolute Gasteiger partial charge is 0.494 e. The molecule has 0 saturated carbocycles. The predicted molar refractivity (Wildman–Crippen MR) is 102 cm³/mol. The standard InChI is InChI=1S/C21H23NO6/c1-2-25-17-6-4-16(5-7-17)21(24)28-14-20(23)22-10-9-15-3-8-18-19(13-15)27-12-11-26-18/h3-8,13H,2,9-12,14H2,1H3,(H,22,23).